The van der Waals surface area contributed by atoms with Gasteiger partial charge in [0, 0.05) is 18.6 Å². The first-order chi connectivity index (χ1) is 9.09. The van der Waals surface area contributed by atoms with Crippen LogP contribution in [0.5, 0.6) is 11.5 Å². The van der Waals surface area contributed by atoms with Crippen LogP contribution in [0, 0.1) is 5.92 Å². The molecule has 1 aromatic carbocycles. The number of rotatable bonds is 2. The Kier molecular flexibility index (Phi) is 2.83. The van der Waals surface area contributed by atoms with Gasteiger partial charge in [0.25, 0.3) is 5.91 Å². The molecular weight excluding hydrogens is 248 g/mol. The Bertz CT molecular complexity index is 499. The van der Waals surface area contributed by atoms with Crippen molar-refractivity contribution in [2.45, 2.75) is 24.6 Å². The molecule has 3 rings (SSSR count). The minimum absolute atomic E-state index is 0.0491. The van der Waals surface area contributed by atoms with Gasteiger partial charge < -0.3 is 26.0 Å². The second-order valence-electron chi connectivity index (χ2n) is 5.04. The Morgan fingerprint density at radius 2 is 2.05 bits per heavy atom. The lowest BCUT2D eigenvalue weighted by Gasteiger charge is -2.45. The van der Waals surface area contributed by atoms with Crippen LogP contribution in [0.15, 0.2) is 18.2 Å². The van der Waals surface area contributed by atoms with Crippen LogP contribution in [-0.4, -0.2) is 40.9 Å². The maximum atomic E-state index is 12.1. The molecule has 1 aromatic rings. The molecule has 0 bridgehead atoms. The minimum atomic E-state index is -0.537. The molecule has 19 heavy (non-hydrogen) atoms. The van der Waals surface area contributed by atoms with Crippen LogP contribution >= 0.6 is 0 Å². The quantitative estimate of drug-likeness (QED) is 0.599. The van der Waals surface area contributed by atoms with Gasteiger partial charge in [0.1, 0.15) is 17.1 Å². The van der Waals surface area contributed by atoms with Crippen molar-refractivity contribution in [1.82, 2.24) is 5.32 Å². The molecule has 1 saturated carbocycles. The second kappa shape index (κ2) is 4.40. The monoisotopic (exact) mass is 264 g/mol. The number of ether oxygens (including phenoxy) is 1. The van der Waals surface area contributed by atoms with Gasteiger partial charge in [-0.25, -0.2) is 0 Å². The molecule has 2 fully saturated rings. The molecule has 2 aliphatic rings. The number of fused-ring (bicyclic) bond motifs is 1. The van der Waals surface area contributed by atoms with Crippen molar-refractivity contribution in [3.63, 3.8) is 0 Å². The van der Waals surface area contributed by atoms with E-state index in [1.54, 1.807) is 0 Å². The lowest BCUT2D eigenvalue weighted by Crippen LogP contribution is -2.68. The SMILES string of the molecule is NC1C2CCOC2C1NC(=O)c1c(O)cccc1O. The Hall–Kier alpha value is -1.79. The topological polar surface area (TPSA) is 105 Å². The maximum absolute atomic E-state index is 12.1. The number of benzene rings is 1. The van der Waals surface area contributed by atoms with E-state index in [-0.39, 0.29) is 35.3 Å². The van der Waals surface area contributed by atoms with E-state index in [1.807, 2.05) is 0 Å². The number of aromatic hydroxyl groups is 2. The summed E-state index contributed by atoms with van der Waals surface area (Å²) in [6, 6.07) is 3.77. The molecule has 4 unspecified atom stereocenters. The number of hydrogen-bond donors (Lipinski definition) is 4. The molecule has 4 atom stereocenters. The van der Waals surface area contributed by atoms with Crippen LogP contribution in [0.3, 0.4) is 0 Å². The van der Waals surface area contributed by atoms with E-state index in [2.05, 4.69) is 5.32 Å². The summed E-state index contributed by atoms with van der Waals surface area (Å²) in [5.74, 6) is -0.753. The van der Waals surface area contributed by atoms with Crippen molar-refractivity contribution in [3.05, 3.63) is 23.8 Å². The highest BCUT2D eigenvalue weighted by molar-refractivity contribution is 5.99. The average molecular weight is 264 g/mol. The van der Waals surface area contributed by atoms with Crippen molar-refractivity contribution >= 4 is 5.91 Å². The summed E-state index contributed by atoms with van der Waals surface area (Å²) >= 11 is 0. The van der Waals surface area contributed by atoms with Crippen LogP contribution in [0.1, 0.15) is 16.8 Å². The Balaban J connectivity index is 1.75. The zero-order valence-corrected chi connectivity index (χ0v) is 10.2. The summed E-state index contributed by atoms with van der Waals surface area (Å²) in [6.45, 7) is 0.664. The number of hydrogen-bond acceptors (Lipinski definition) is 5. The van der Waals surface area contributed by atoms with Crippen LogP contribution < -0.4 is 11.1 Å². The van der Waals surface area contributed by atoms with E-state index in [4.69, 9.17) is 10.5 Å². The van der Waals surface area contributed by atoms with Gasteiger partial charge in [-0.05, 0) is 18.6 Å². The summed E-state index contributed by atoms with van der Waals surface area (Å²) in [5.41, 5.74) is 5.86. The van der Waals surface area contributed by atoms with Gasteiger partial charge in [0.2, 0.25) is 0 Å². The van der Waals surface area contributed by atoms with Gasteiger partial charge in [-0.3, -0.25) is 4.79 Å². The van der Waals surface area contributed by atoms with E-state index in [1.165, 1.54) is 18.2 Å². The first-order valence-electron chi connectivity index (χ1n) is 6.28. The summed E-state index contributed by atoms with van der Waals surface area (Å²) in [4.78, 5) is 12.1. The molecule has 6 nitrogen and oxygen atoms in total. The van der Waals surface area contributed by atoms with Crippen molar-refractivity contribution in [2.75, 3.05) is 6.61 Å². The average Bonchev–Trinajstić information content (AvgIpc) is 2.80. The van der Waals surface area contributed by atoms with Gasteiger partial charge in [-0.1, -0.05) is 6.07 Å². The van der Waals surface area contributed by atoms with Crippen LogP contribution in [0.2, 0.25) is 0 Å². The molecule has 1 saturated heterocycles. The highest BCUT2D eigenvalue weighted by atomic mass is 16.5. The molecule has 102 valence electrons. The van der Waals surface area contributed by atoms with Crippen molar-refractivity contribution in [3.8, 4) is 11.5 Å². The zero-order chi connectivity index (χ0) is 13.6. The third kappa shape index (κ3) is 1.84. The highest BCUT2D eigenvalue weighted by Gasteiger charge is 2.52. The predicted octanol–water partition coefficient (Wildman–Crippen LogP) is -0.0578. The Morgan fingerprint density at radius 1 is 1.37 bits per heavy atom. The summed E-state index contributed by atoms with van der Waals surface area (Å²) < 4.78 is 5.51. The van der Waals surface area contributed by atoms with Crippen LogP contribution in [0.4, 0.5) is 0 Å². The number of phenols is 2. The Labute approximate surface area is 110 Å². The summed E-state index contributed by atoms with van der Waals surface area (Å²) in [5, 5.41) is 22.0. The van der Waals surface area contributed by atoms with Gasteiger partial charge in [-0.2, -0.15) is 0 Å². The zero-order valence-electron chi connectivity index (χ0n) is 10.2. The largest absolute Gasteiger partial charge is 0.507 e. The van der Waals surface area contributed by atoms with Crippen LogP contribution in [0.25, 0.3) is 0 Å². The summed E-state index contributed by atoms with van der Waals surface area (Å²) in [6.07, 6.45) is 0.868. The standard InChI is InChI=1S/C13H16N2O4/c14-10-6-4-5-19-12(6)11(10)15-13(18)9-7(16)2-1-3-8(9)17/h1-3,6,10-12,16-17H,4-5,14H2,(H,15,18). The van der Waals surface area contributed by atoms with E-state index < -0.39 is 5.91 Å². The van der Waals surface area contributed by atoms with Gasteiger partial charge in [0.15, 0.2) is 0 Å². The fraction of sp³-hybridized carbons (Fsp3) is 0.462. The lowest BCUT2D eigenvalue weighted by molar-refractivity contribution is -0.0161. The third-order valence-corrected chi connectivity index (χ3v) is 3.99. The van der Waals surface area contributed by atoms with Crippen LogP contribution in [-0.2, 0) is 4.74 Å². The molecule has 1 aliphatic carbocycles. The summed E-state index contributed by atoms with van der Waals surface area (Å²) in [7, 11) is 0. The number of carbonyl (C=O) groups excluding carboxylic acids is 1. The van der Waals surface area contributed by atoms with E-state index in [0.29, 0.717) is 12.5 Å². The van der Waals surface area contributed by atoms with Crippen molar-refractivity contribution in [1.29, 1.82) is 0 Å². The van der Waals surface area contributed by atoms with E-state index >= 15 is 0 Å². The second-order valence-corrected chi connectivity index (χ2v) is 5.04. The normalized spacial score (nSPS) is 32.5. The van der Waals surface area contributed by atoms with E-state index in [9.17, 15) is 15.0 Å². The third-order valence-electron chi connectivity index (χ3n) is 3.99. The van der Waals surface area contributed by atoms with Gasteiger partial charge >= 0.3 is 0 Å². The first kappa shape index (κ1) is 12.3. The van der Waals surface area contributed by atoms with Crippen molar-refractivity contribution in [2.24, 2.45) is 11.7 Å². The fourth-order valence-corrected chi connectivity index (χ4v) is 2.91. The minimum Gasteiger partial charge on any atom is -0.507 e. The number of nitrogens with one attached hydrogen (secondary N) is 1. The lowest BCUT2D eigenvalue weighted by atomic mass is 9.72. The smallest absolute Gasteiger partial charge is 0.259 e. The van der Waals surface area contributed by atoms with Gasteiger partial charge in [0.05, 0.1) is 12.1 Å². The molecule has 1 heterocycles. The molecular formula is C13H16N2O4. The highest BCUT2D eigenvalue weighted by Crippen LogP contribution is 2.38. The fourth-order valence-electron chi connectivity index (χ4n) is 2.91. The predicted molar refractivity (Wildman–Crippen MR) is 66.8 cm³/mol. The maximum Gasteiger partial charge on any atom is 0.259 e. The molecule has 6 heteroatoms. The molecule has 5 N–H and O–H groups in total. The molecule has 1 amide bonds. The molecule has 0 radical (unpaired) electrons. The number of phenolic OH excluding ortho intramolecular Hbond substituents is 2. The number of amides is 1. The molecule has 0 aromatic heterocycles. The van der Waals surface area contributed by atoms with Crippen molar-refractivity contribution < 1.29 is 19.7 Å². The molecule has 1 aliphatic heterocycles. The first-order valence-corrected chi connectivity index (χ1v) is 6.28. The van der Waals surface area contributed by atoms with Gasteiger partial charge in [-0.15, -0.1) is 0 Å². The Morgan fingerprint density at radius 3 is 2.74 bits per heavy atom. The number of nitrogens with two attached hydrogens (primary N) is 1. The molecule has 0 spiro atoms. The number of carbonyl (C=O) groups is 1. The van der Waals surface area contributed by atoms with E-state index in [0.717, 1.165) is 6.42 Å².